The Hall–Kier alpha value is -0.900. The van der Waals surface area contributed by atoms with Crippen molar-refractivity contribution in [3.05, 3.63) is 35.9 Å². The molecule has 1 aromatic carbocycles. The topological polar surface area (TPSA) is 18.5 Å². The van der Waals surface area contributed by atoms with Crippen LogP contribution in [0.5, 0.6) is 0 Å². The molecule has 1 atom stereocenters. The minimum atomic E-state index is 0.184. The predicted octanol–water partition coefficient (Wildman–Crippen LogP) is 2.86. The Bertz CT molecular complexity index is 387. The Morgan fingerprint density at radius 1 is 1.05 bits per heavy atom. The second kappa shape index (κ2) is 8.52. The average Bonchev–Trinajstić information content (AvgIpc) is 2.39. The molecule has 0 aromatic heterocycles. The zero-order valence-corrected chi connectivity index (χ0v) is 14.7. The summed E-state index contributed by atoms with van der Waals surface area (Å²) in [5.74, 6) is 0. The molecule has 1 rings (SSSR count). The number of rotatable bonds is 9. The van der Waals surface area contributed by atoms with Crippen molar-refractivity contribution in [2.24, 2.45) is 5.41 Å². The van der Waals surface area contributed by atoms with Gasteiger partial charge in [-0.1, -0.05) is 44.2 Å². The number of hydrogen-bond acceptors (Lipinski definition) is 3. The Morgan fingerprint density at radius 3 is 2.19 bits per heavy atom. The van der Waals surface area contributed by atoms with Gasteiger partial charge in [-0.15, -0.1) is 0 Å². The van der Waals surface area contributed by atoms with E-state index in [0.29, 0.717) is 6.04 Å². The molecule has 0 aliphatic rings. The standard InChI is InChI=1S/C18H33N3/c1-18(2,15-21(6)14-10-13-20(4)5)17(19-3)16-11-8-7-9-12-16/h7-9,11-12,17,19H,10,13-15H2,1-6H3. The van der Waals surface area contributed by atoms with Crippen LogP contribution < -0.4 is 5.32 Å². The van der Waals surface area contributed by atoms with E-state index in [1.165, 1.54) is 12.0 Å². The molecule has 0 amide bonds. The number of hydrogen-bond donors (Lipinski definition) is 1. The summed E-state index contributed by atoms with van der Waals surface area (Å²) in [6, 6.07) is 11.1. The van der Waals surface area contributed by atoms with Crippen LogP contribution in [0.15, 0.2) is 30.3 Å². The van der Waals surface area contributed by atoms with Crippen LogP contribution >= 0.6 is 0 Å². The molecule has 0 radical (unpaired) electrons. The molecule has 21 heavy (non-hydrogen) atoms. The first-order chi connectivity index (χ1) is 9.86. The van der Waals surface area contributed by atoms with Crippen molar-refractivity contribution in [3.8, 4) is 0 Å². The lowest BCUT2D eigenvalue weighted by Crippen LogP contribution is -2.41. The summed E-state index contributed by atoms with van der Waals surface area (Å²) in [7, 11) is 8.56. The van der Waals surface area contributed by atoms with Crippen molar-refractivity contribution in [1.29, 1.82) is 0 Å². The third kappa shape index (κ3) is 6.16. The highest BCUT2D eigenvalue weighted by Gasteiger charge is 2.30. The van der Waals surface area contributed by atoms with Gasteiger partial charge in [0.1, 0.15) is 0 Å². The van der Waals surface area contributed by atoms with E-state index in [9.17, 15) is 0 Å². The monoisotopic (exact) mass is 291 g/mol. The van der Waals surface area contributed by atoms with Gasteiger partial charge in [-0.2, -0.15) is 0 Å². The third-order valence-corrected chi connectivity index (χ3v) is 4.03. The van der Waals surface area contributed by atoms with E-state index in [-0.39, 0.29) is 5.41 Å². The van der Waals surface area contributed by atoms with E-state index in [4.69, 9.17) is 0 Å². The van der Waals surface area contributed by atoms with Crippen LogP contribution in [0.2, 0.25) is 0 Å². The summed E-state index contributed by atoms with van der Waals surface area (Å²) >= 11 is 0. The van der Waals surface area contributed by atoms with Gasteiger partial charge in [0.2, 0.25) is 0 Å². The van der Waals surface area contributed by atoms with Crippen LogP contribution in [-0.2, 0) is 0 Å². The fraction of sp³-hybridized carbons (Fsp3) is 0.667. The molecule has 0 spiro atoms. The maximum absolute atomic E-state index is 3.50. The summed E-state index contributed by atoms with van der Waals surface area (Å²) in [6.07, 6.45) is 1.22. The lowest BCUT2D eigenvalue weighted by molar-refractivity contribution is 0.157. The number of nitrogens with one attached hydrogen (secondary N) is 1. The van der Waals surface area contributed by atoms with Gasteiger partial charge in [0, 0.05) is 12.6 Å². The van der Waals surface area contributed by atoms with Crippen LogP contribution in [0.1, 0.15) is 31.9 Å². The van der Waals surface area contributed by atoms with Crippen molar-refractivity contribution in [1.82, 2.24) is 15.1 Å². The molecule has 0 bridgehead atoms. The van der Waals surface area contributed by atoms with E-state index in [2.05, 4.69) is 87.5 Å². The van der Waals surface area contributed by atoms with E-state index in [0.717, 1.165) is 19.6 Å². The summed E-state index contributed by atoms with van der Waals surface area (Å²) in [5, 5.41) is 3.50. The highest BCUT2D eigenvalue weighted by molar-refractivity contribution is 5.21. The van der Waals surface area contributed by atoms with Gasteiger partial charge in [0.25, 0.3) is 0 Å². The van der Waals surface area contributed by atoms with E-state index >= 15 is 0 Å². The first-order valence-electron chi connectivity index (χ1n) is 7.92. The minimum Gasteiger partial charge on any atom is -0.313 e. The molecular formula is C18H33N3. The zero-order valence-electron chi connectivity index (χ0n) is 14.7. The van der Waals surface area contributed by atoms with Crippen LogP contribution in [0.3, 0.4) is 0 Å². The smallest absolute Gasteiger partial charge is 0.0381 e. The van der Waals surface area contributed by atoms with Crippen molar-refractivity contribution in [2.75, 3.05) is 47.8 Å². The van der Waals surface area contributed by atoms with Gasteiger partial charge >= 0.3 is 0 Å². The van der Waals surface area contributed by atoms with Gasteiger partial charge in [0.15, 0.2) is 0 Å². The molecule has 1 unspecified atom stereocenters. The van der Waals surface area contributed by atoms with E-state index in [1.807, 2.05) is 0 Å². The quantitative estimate of drug-likeness (QED) is 0.755. The molecule has 0 saturated heterocycles. The second-order valence-corrected chi connectivity index (χ2v) is 7.02. The zero-order chi connectivity index (χ0) is 15.9. The number of benzene rings is 1. The Labute approximate surface area is 131 Å². The molecule has 0 saturated carbocycles. The Kier molecular flexibility index (Phi) is 7.36. The van der Waals surface area contributed by atoms with Gasteiger partial charge in [-0.05, 0) is 58.7 Å². The first kappa shape index (κ1) is 18.1. The fourth-order valence-corrected chi connectivity index (χ4v) is 3.18. The first-order valence-corrected chi connectivity index (χ1v) is 7.92. The second-order valence-electron chi connectivity index (χ2n) is 7.02. The molecule has 120 valence electrons. The highest BCUT2D eigenvalue weighted by Crippen LogP contribution is 2.33. The molecular weight excluding hydrogens is 258 g/mol. The SMILES string of the molecule is CNC(c1ccccc1)C(C)(C)CN(C)CCCN(C)C. The summed E-state index contributed by atoms with van der Waals surface area (Å²) < 4.78 is 0. The van der Waals surface area contributed by atoms with Crippen molar-refractivity contribution in [3.63, 3.8) is 0 Å². The molecule has 3 heteroatoms. The maximum atomic E-state index is 3.50. The molecule has 3 nitrogen and oxygen atoms in total. The average molecular weight is 291 g/mol. The van der Waals surface area contributed by atoms with Crippen molar-refractivity contribution >= 4 is 0 Å². The van der Waals surface area contributed by atoms with E-state index < -0.39 is 0 Å². The normalized spacial score (nSPS) is 13.9. The van der Waals surface area contributed by atoms with Crippen LogP contribution in [-0.4, -0.2) is 57.6 Å². The van der Waals surface area contributed by atoms with Crippen molar-refractivity contribution in [2.45, 2.75) is 26.3 Å². The highest BCUT2D eigenvalue weighted by atomic mass is 15.1. The summed E-state index contributed by atoms with van der Waals surface area (Å²) in [6.45, 7) is 8.08. The van der Waals surface area contributed by atoms with Crippen molar-refractivity contribution < 1.29 is 0 Å². The lowest BCUT2D eigenvalue weighted by Gasteiger charge is -2.38. The molecule has 0 aliphatic heterocycles. The summed E-state index contributed by atoms with van der Waals surface area (Å²) in [5.41, 5.74) is 1.55. The Balaban J connectivity index is 2.61. The molecule has 1 aromatic rings. The lowest BCUT2D eigenvalue weighted by atomic mass is 9.80. The molecule has 0 fully saturated rings. The van der Waals surface area contributed by atoms with Gasteiger partial charge in [-0.3, -0.25) is 0 Å². The third-order valence-electron chi connectivity index (χ3n) is 4.03. The molecule has 1 N–H and O–H groups in total. The van der Waals surface area contributed by atoms with E-state index in [1.54, 1.807) is 0 Å². The molecule has 0 heterocycles. The Morgan fingerprint density at radius 2 is 1.67 bits per heavy atom. The van der Waals surface area contributed by atoms with Crippen LogP contribution in [0.25, 0.3) is 0 Å². The fourth-order valence-electron chi connectivity index (χ4n) is 3.18. The maximum Gasteiger partial charge on any atom is 0.0381 e. The number of nitrogens with zero attached hydrogens (tertiary/aromatic N) is 2. The molecule has 0 aliphatic carbocycles. The predicted molar refractivity (Wildman–Crippen MR) is 92.7 cm³/mol. The minimum absolute atomic E-state index is 0.184. The van der Waals surface area contributed by atoms with Gasteiger partial charge < -0.3 is 15.1 Å². The van der Waals surface area contributed by atoms with Crippen LogP contribution in [0.4, 0.5) is 0 Å². The summed E-state index contributed by atoms with van der Waals surface area (Å²) in [4.78, 5) is 4.70. The van der Waals surface area contributed by atoms with Crippen LogP contribution in [0, 0.1) is 5.41 Å². The largest absolute Gasteiger partial charge is 0.313 e. The van der Waals surface area contributed by atoms with Gasteiger partial charge in [-0.25, -0.2) is 0 Å². The van der Waals surface area contributed by atoms with Gasteiger partial charge in [0.05, 0.1) is 0 Å².